The molecule has 3 atom stereocenters. The molecule has 2 aromatic rings. The average Bonchev–Trinajstić information content (AvgIpc) is 3.52. The van der Waals surface area contributed by atoms with E-state index in [9.17, 15) is 19.2 Å². The molecule has 47 heavy (non-hydrogen) atoms. The minimum atomic E-state index is -1.85. The minimum Gasteiger partial charge on any atom is -1.00 e. The highest BCUT2D eigenvalue weighted by Gasteiger charge is 2.44. The highest BCUT2D eigenvalue weighted by atomic mass is 35.5. The zero-order valence-corrected chi connectivity index (χ0v) is 28.6. The predicted octanol–water partition coefficient (Wildman–Crippen LogP) is -0.0905. The van der Waals surface area contributed by atoms with Crippen molar-refractivity contribution in [2.45, 2.75) is 83.6 Å². The van der Waals surface area contributed by atoms with Crippen molar-refractivity contribution >= 4 is 23.6 Å². The molecule has 12 nitrogen and oxygen atoms in total. The fraction of sp³-hybridized carbons (Fsp3) is 0.606. The van der Waals surface area contributed by atoms with Gasteiger partial charge in [-0.25, -0.2) is 9.07 Å². The topological polar surface area (TPSA) is 166 Å². The lowest BCUT2D eigenvalue weighted by Gasteiger charge is -2.29. The van der Waals surface area contributed by atoms with Crippen LogP contribution in [0.1, 0.15) is 96.5 Å². The third-order valence-electron chi connectivity index (χ3n) is 8.67. The molecule has 0 spiro atoms. The number of benzene rings is 1. The largest absolute Gasteiger partial charge is 1.00 e. The molecule has 258 valence electrons. The van der Waals surface area contributed by atoms with E-state index in [0.29, 0.717) is 58.7 Å². The normalized spacial score (nSPS) is 22.6. The number of likely N-dealkylation sites (N-methyl/N-ethyl adjacent to an activating group) is 1. The second-order valence-corrected chi connectivity index (χ2v) is 14.9. The SMILES string of the molecule is CC(=O)OC(CC(=O)OC1(N)CC(c2cc(-n3nc(CC4CC4)c4c3CC(C)(C)CC4=O)c(F)cc2C(N)=O)CO1)C[N+](C)(C)C.[Cl-]. The zero-order valence-electron chi connectivity index (χ0n) is 27.9. The van der Waals surface area contributed by atoms with Crippen LogP contribution in [0.4, 0.5) is 4.39 Å². The van der Waals surface area contributed by atoms with E-state index in [1.165, 1.54) is 17.7 Å². The summed E-state index contributed by atoms with van der Waals surface area (Å²) in [6.45, 7) is 5.58. The fourth-order valence-electron chi connectivity index (χ4n) is 6.64. The summed E-state index contributed by atoms with van der Waals surface area (Å²) in [6, 6.07) is 2.59. The summed E-state index contributed by atoms with van der Waals surface area (Å²) in [5, 5.41) is 4.78. The first-order valence-electron chi connectivity index (χ1n) is 15.7. The van der Waals surface area contributed by atoms with Crippen LogP contribution in [0, 0.1) is 17.2 Å². The number of aromatic nitrogens is 2. The van der Waals surface area contributed by atoms with Crippen LogP contribution in [-0.4, -0.2) is 84.2 Å². The molecule has 5 rings (SSSR count). The summed E-state index contributed by atoms with van der Waals surface area (Å²) in [5.41, 5.74) is 14.0. The molecule has 3 aliphatic rings. The summed E-state index contributed by atoms with van der Waals surface area (Å²) >= 11 is 0. The number of carbonyl (C=O) groups excluding carboxylic acids is 4. The molecule has 1 amide bonds. The van der Waals surface area contributed by atoms with Crippen molar-refractivity contribution in [1.82, 2.24) is 9.78 Å². The molecular weight excluding hydrogens is 633 g/mol. The summed E-state index contributed by atoms with van der Waals surface area (Å²) in [4.78, 5) is 50.4. The van der Waals surface area contributed by atoms with Crippen LogP contribution in [0.2, 0.25) is 0 Å². The van der Waals surface area contributed by atoms with Crippen molar-refractivity contribution < 1.29 is 54.7 Å². The third kappa shape index (κ3) is 8.56. The quantitative estimate of drug-likeness (QED) is 0.188. The average molecular weight is 678 g/mol. The van der Waals surface area contributed by atoms with E-state index in [1.807, 2.05) is 35.0 Å². The van der Waals surface area contributed by atoms with Crippen LogP contribution in [0.5, 0.6) is 0 Å². The zero-order chi connectivity index (χ0) is 33.8. The Labute approximate surface area is 280 Å². The van der Waals surface area contributed by atoms with E-state index in [0.717, 1.165) is 18.9 Å². The van der Waals surface area contributed by atoms with Crippen LogP contribution < -0.4 is 23.9 Å². The number of amides is 1. The molecule has 1 aromatic carbocycles. The number of fused-ring (bicyclic) bond motifs is 1. The second-order valence-electron chi connectivity index (χ2n) is 14.9. The number of carbonyl (C=O) groups is 4. The highest BCUT2D eigenvalue weighted by molar-refractivity contribution is 6.00. The molecule has 4 N–H and O–H groups in total. The van der Waals surface area contributed by atoms with Crippen molar-refractivity contribution in [3.8, 4) is 5.69 Å². The van der Waals surface area contributed by atoms with Crippen molar-refractivity contribution in [2.24, 2.45) is 22.8 Å². The Morgan fingerprint density at radius 2 is 1.87 bits per heavy atom. The third-order valence-corrected chi connectivity index (χ3v) is 8.67. The Balaban J connectivity index is 0.00000500. The fourth-order valence-corrected chi connectivity index (χ4v) is 6.64. The van der Waals surface area contributed by atoms with Gasteiger partial charge in [-0.3, -0.25) is 24.9 Å². The van der Waals surface area contributed by atoms with E-state index in [-0.39, 0.29) is 54.3 Å². The highest BCUT2D eigenvalue weighted by Crippen LogP contribution is 2.42. The molecule has 1 saturated carbocycles. The number of nitrogens with two attached hydrogens (primary N) is 2. The van der Waals surface area contributed by atoms with Gasteiger partial charge in [0.2, 0.25) is 5.91 Å². The van der Waals surface area contributed by atoms with Gasteiger partial charge >= 0.3 is 11.9 Å². The molecule has 0 radical (unpaired) electrons. The standard InChI is InChI=1S/C33H44FN5O7.ClH/c1-18(40)45-21(16-39(4,5)6)10-29(42)46-33(36)13-20(17-44-33)22-12-26(24(34)11-23(22)31(35)43)38-27-14-32(2,3)15-28(41)30(27)25(37-38)9-19-7-8-19;/h11-12,19-21H,7-10,13-17,36H2,1-6H3,(H-,35,43);1H. The number of nitrogens with zero attached hydrogens (tertiary/aromatic N) is 3. The van der Waals surface area contributed by atoms with Crippen LogP contribution in [0.15, 0.2) is 12.1 Å². The van der Waals surface area contributed by atoms with Gasteiger partial charge in [0.15, 0.2) is 11.9 Å². The van der Waals surface area contributed by atoms with Crippen LogP contribution >= 0.6 is 0 Å². The summed E-state index contributed by atoms with van der Waals surface area (Å²) < 4.78 is 34.4. The summed E-state index contributed by atoms with van der Waals surface area (Å²) in [7, 11) is 5.70. The number of hydrogen-bond acceptors (Lipinski definition) is 9. The number of quaternary nitrogens is 1. The lowest BCUT2D eigenvalue weighted by molar-refractivity contribution is -0.873. The maximum absolute atomic E-state index is 15.8. The molecule has 1 aromatic heterocycles. The van der Waals surface area contributed by atoms with Gasteiger partial charge in [-0.1, -0.05) is 13.8 Å². The van der Waals surface area contributed by atoms with Gasteiger partial charge in [-0.15, -0.1) is 0 Å². The minimum absolute atomic E-state index is 0. The number of Topliss-reactive ketones (excluding diaryl/α,β-unsaturated/α-hetero) is 1. The first-order chi connectivity index (χ1) is 21.3. The predicted molar refractivity (Wildman–Crippen MR) is 164 cm³/mol. The Bertz CT molecular complexity index is 1580. The van der Waals surface area contributed by atoms with Gasteiger partial charge in [0.05, 0.1) is 51.1 Å². The van der Waals surface area contributed by atoms with Crippen LogP contribution in [0.3, 0.4) is 0 Å². The molecule has 1 saturated heterocycles. The summed E-state index contributed by atoms with van der Waals surface area (Å²) in [5.74, 6) is -4.79. The molecule has 3 unspecified atom stereocenters. The van der Waals surface area contributed by atoms with Crippen molar-refractivity contribution in [3.05, 3.63) is 46.0 Å². The van der Waals surface area contributed by atoms with Crippen LogP contribution in [-0.2, 0) is 36.6 Å². The van der Waals surface area contributed by atoms with Gasteiger partial charge in [0, 0.05) is 31.2 Å². The number of ketones is 1. The number of primary amides is 1. The van der Waals surface area contributed by atoms with E-state index in [2.05, 4.69) is 0 Å². The van der Waals surface area contributed by atoms with Gasteiger partial charge < -0.3 is 36.8 Å². The van der Waals surface area contributed by atoms with Gasteiger partial charge in [-0.05, 0) is 54.7 Å². The Kier molecular flexibility index (Phi) is 10.3. The lowest BCUT2D eigenvalue weighted by atomic mass is 9.75. The maximum atomic E-state index is 15.8. The van der Waals surface area contributed by atoms with Crippen LogP contribution in [0.25, 0.3) is 5.69 Å². The van der Waals surface area contributed by atoms with E-state index in [4.69, 9.17) is 30.8 Å². The van der Waals surface area contributed by atoms with Gasteiger partial charge in [0.25, 0.3) is 5.91 Å². The molecule has 2 fully saturated rings. The Morgan fingerprint density at radius 1 is 1.19 bits per heavy atom. The molecular formula is C33H45ClFN5O7. The number of halogens is 2. The van der Waals surface area contributed by atoms with Gasteiger partial charge in [-0.2, -0.15) is 5.10 Å². The van der Waals surface area contributed by atoms with E-state index >= 15 is 4.39 Å². The molecule has 2 aliphatic carbocycles. The molecule has 1 aliphatic heterocycles. The smallest absolute Gasteiger partial charge is 0.313 e. The second kappa shape index (κ2) is 13.3. The molecule has 2 heterocycles. The van der Waals surface area contributed by atoms with E-state index < -0.39 is 41.6 Å². The first-order valence-corrected chi connectivity index (χ1v) is 15.7. The molecule has 0 bridgehead atoms. The van der Waals surface area contributed by atoms with Crippen molar-refractivity contribution in [1.29, 1.82) is 0 Å². The Hall–Kier alpha value is -3.39. The molecule has 14 heteroatoms. The number of rotatable bonds is 11. The monoisotopic (exact) mass is 677 g/mol. The number of hydrogen-bond donors (Lipinski definition) is 2. The van der Waals surface area contributed by atoms with Crippen molar-refractivity contribution in [2.75, 3.05) is 34.3 Å². The maximum Gasteiger partial charge on any atom is 0.313 e. The van der Waals surface area contributed by atoms with Crippen molar-refractivity contribution in [3.63, 3.8) is 0 Å². The van der Waals surface area contributed by atoms with E-state index in [1.54, 1.807) is 0 Å². The Morgan fingerprint density at radius 3 is 2.47 bits per heavy atom. The lowest BCUT2D eigenvalue weighted by Crippen LogP contribution is -3.00. The number of ether oxygens (including phenoxy) is 3. The summed E-state index contributed by atoms with van der Waals surface area (Å²) in [6.07, 6.45) is 2.67. The van der Waals surface area contributed by atoms with Gasteiger partial charge in [0.1, 0.15) is 18.0 Å². The first kappa shape index (κ1) is 36.4. The number of esters is 2.